The van der Waals surface area contributed by atoms with Gasteiger partial charge in [0.15, 0.2) is 10.7 Å². The molecule has 0 aliphatic carbocycles. The summed E-state index contributed by atoms with van der Waals surface area (Å²) in [4.78, 5) is 30.2. The van der Waals surface area contributed by atoms with E-state index in [2.05, 4.69) is 10.3 Å². The van der Waals surface area contributed by atoms with E-state index in [0.29, 0.717) is 4.88 Å². The van der Waals surface area contributed by atoms with Crippen molar-refractivity contribution in [3.05, 3.63) is 10.9 Å². The molecular formula is C12H15N3O4S2. The second kappa shape index (κ2) is 5.58. The van der Waals surface area contributed by atoms with Gasteiger partial charge in [0.05, 0.1) is 16.1 Å². The number of nitrogens with one attached hydrogen (secondary N) is 1. The Balaban J connectivity index is 2.10. The summed E-state index contributed by atoms with van der Waals surface area (Å²) in [6.07, 6.45) is 0. The van der Waals surface area contributed by atoms with Crippen LogP contribution in [0.5, 0.6) is 0 Å². The van der Waals surface area contributed by atoms with E-state index in [0.717, 1.165) is 21.6 Å². The van der Waals surface area contributed by atoms with Crippen LogP contribution >= 0.6 is 22.7 Å². The lowest BCUT2D eigenvalue weighted by Crippen LogP contribution is -2.46. The van der Waals surface area contributed by atoms with Crippen LogP contribution in [-0.4, -0.2) is 53.3 Å². The maximum atomic E-state index is 12.0. The Hall–Kier alpha value is -1.71. The maximum absolute atomic E-state index is 12.0. The molecule has 1 unspecified atom stereocenters. The zero-order chi connectivity index (χ0) is 15.8. The lowest BCUT2D eigenvalue weighted by molar-refractivity contribution is -0.155. The third kappa shape index (κ3) is 3.31. The molecule has 0 saturated carbocycles. The van der Waals surface area contributed by atoms with Crippen LogP contribution in [-0.2, 0) is 4.79 Å². The molecule has 0 fully saturated rings. The van der Waals surface area contributed by atoms with Crippen LogP contribution in [0.15, 0.2) is 6.07 Å². The first-order valence-corrected chi connectivity index (χ1v) is 7.65. The van der Waals surface area contributed by atoms with Crippen LogP contribution in [0.1, 0.15) is 16.6 Å². The van der Waals surface area contributed by atoms with Crippen molar-refractivity contribution in [2.24, 2.45) is 0 Å². The number of hydrogen-bond acceptors (Lipinski definition) is 7. The second-order valence-electron chi connectivity index (χ2n) is 4.93. The van der Waals surface area contributed by atoms with E-state index < -0.39 is 17.5 Å². The van der Waals surface area contributed by atoms with Crippen molar-refractivity contribution in [1.82, 2.24) is 10.3 Å². The summed E-state index contributed by atoms with van der Waals surface area (Å²) in [6.45, 7) is 0.774. The number of carboxylic acid groups (broad SMARTS) is 1. The van der Waals surface area contributed by atoms with E-state index in [-0.39, 0.29) is 6.54 Å². The summed E-state index contributed by atoms with van der Waals surface area (Å²) in [5, 5.41) is 21.6. The van der Waals surface area contributed by atoms with Gasteiger partial charge in [0, 0.05) is 14.1 Å². The maximum Gasteiger partial charge on any atom is 0.337 e. The summed E-state index contributed by atoms with van der Waals surface area (Å²) in [5.74, 6) is -1.80. The van der Waals surface area contributed by atoms with Gasteiger partial charge in [0.25, 0.3) is 5.91 Å². The molecule has 0 saturated heterocycles. The molecule has 0 radical (unpaired) electrons. The predicted octanol–water partition coefficient (Wildman–Crippen LogP) is 0.989. The molecule has 2 aromatic heterocycles. The van der Waals surface area contributed by atoms with Crippen molar-refractivity contribution in [1.29, 1.82) is 0 Å². The topological polar surface area (TPSA) is 103 Å². The summed E-state index contributed by atoms with van der Waals surface area (Å²) < 4.78 is 0.902. The normalized spacial score (nSPS) is 13.9. The molecule has 2 heterocycles. The minimum Gasteiger partial charge on any atom is -0.479 e. The van der Waals surface area contributed by atoms with Gasteiger partial charge in [0.1, 0.15) is 4.83 Å². The van der Waals surface area contributed by atoms with Crippen molar-refractivity contribution >= 4 is 49.2 Å². The first kappa shape index (κ1) is 15.7. The van der Waals surface area contributed by atoms with E-state index in [1.165, 1.54) is 22.7 Å². The highest BCUT2D eigenvalue weighted by molar-refractivity contribution is 7.29. The highest BCUT2D eigenvalue weighted by Crippen LogP contribution is 2.33. The number of aromatic nitrogens is 1. The lowest BCUT2D eigenvalue weighted by Gasteiger charge is -2.17. The molecule has 0 aromatic carbocycles. The molecule has 2 rings (SSSR count). The van der Waals surface area contributed by atoms with Crippen LogP contribution < -0.4 is 10.2 Å². The molecule has 1 amide bonds. The number of anilines is 1. The molecule has 1 atom stereocenters. The molecule has 0 spiro atoms. The molecule has 2 aromatic rings. The van der Waals surface area contributed by atoms with Crippen molar-refractivity contribution < 1.29 is 19.8 Å². The molecule has 0 bridgehead atoms. The van der Waals surface area contributed by atoms with Crippen LogP contribution in [0.4, 0.5) is 5.13 Å². The number of aliphatic hydroxyl groups is 1. The number of amides is 1. The number of carbonyl (C=O) groups excluding carboxylic acids is 1. The molecule has 7 nitrogen and oxygen atoms in total. The highest BCUT2D eigenvalue weighted by atomic mass is 32.1. The standard InChI is InChI=1S/C12H15N3O4S2/c1-12(19,10(17)18)5-13-8(16)6-4-7-9(20-6)14-11(21-7)15(2)3/h4,19H,5H2,1-3H3,(H,13,16)(H,17,18). The zero-order valence-electron chi connectivity index (χ0n) is 11.7. The molecule has 0 aliphatic rings. The van der Waals surface area contributed by atoms with Gasteiger partial charge in [-0.15, -0.1) is 11.3 Å². The molecule has 0 aliphatic heterocycles. The summed E-state index contributed by atoms with van der Waals surface area (Å²) >= 11 is 2.71. The quantitative estimate of drug-likeness (QED) is 0.756. The van der Waals surface area contributed by atoms with E-state index >= 15 is 0 Å². The summed E-state index contributed by atoms with van der Waals surface area (Å²) in [7, 11) is 3.79. The number of rotatable bonds is 5. The number of aliphatic carboxylic acids is 1. The molecule has 21 heavy (non-hydrogen) atoms. The third-order valence-electron chi connectivity index (χ3n) is 2.74. The fourth-order valence-electron chi connectivity index (χ4n) is 1.44. The minimum absolute atomic E-state index is 0.358. The van der Waals surface area contributed by atoms with Gasteiger partial charge in [0.2, 0.25) is 0 Å². The number of hydrogen-bond donors (Lipinski definition) is 3. The Morgan fingerprint density at radius 3 is 2.62 bits per heavy atom. The Labute approximate surface area is 128 Å². The van der Waals surface area contributed by atoms with Crippen LogP contribution in [0.3, 0.4) is 0 Å². The van der Waals surface area contributed by atoms with Gasteiger partial charge in [-0.3, -0.25) is 4.79 Å². The largest absolute Gasteiger partial charge is 0.479 e. The number of nitrogens with zero attached hydrogens (tertiary/aromatic N) is 2. The van der Waals surface area contributed by atoms with Crippen LogP contribution in [0.25, 0.3) is 9.53 Å². The Bertz CT molecular complexity index is 658. The monoisotopic (exact) mass is 329 g/mol. The van der Waals surface area contributed by atoms with Gasteiger partial charge in [-0.1, -0.05) is 11.3 Å². The van der Waals surface area contributed by atoms with E-state index in [1.54, 1.807) is 6.07 Å². The van der Waals surface area contributed by atoms with Crippen molar-refractivity contribution in [2.75, 3.05) is 25.5 Å². The number of thiophene rings is 1. The lowest BCUT2D eigenvalue weighted by atomic mass is 10.1. The first-order chi connectivity index (χ1) is 9.70. The number of fused-ring (bicyclic) bond motifs is 1. The fourth-order valence-corrected chi connectivity index (χ4v) is 3.49. The summed E-state index contributed by atoms with van der Waals surface area (Å²) in [6, 6.07) is 1.72. The predicted molar refractivity (Wildman–Crippen MR) is 82.4 cm³/mol. The van der Waals surface area contributed by atoms with E-state index in [9.17, 15) is 14.7 Å². The molecule has 114 valence electrons. The highest BCUT2D eigenvalue weighted by Gasteiger charge is 2.30. The second-order valence-corrected chi connectivity index (χ2v) is 6.97. The van der Waals surface area contributed by atoms with Gasteiger partial charge in [-0.25, -0.2) is 9.78 Å². The molecule has 3 N–H and O–H groups in total. The minimum atomic E-state index is -1.99. The van der Waals surface area contributed by atoms with E-state index in [1.807, 2.05) is 19.0 Å². The van der Waals surface area contributed by atoms with E-state index in [4.69, 9.17) is 5.11 Å². The van der Waals surface area contributed by atoms with Gasteiger partial charge in [-0.05, 0) is 13.0 Å². The smallest absolute Gasteiger partial charge is 0.337 e. The summed E-state index contributed by atoms with van der Waals surface area (Å²) in [5.41, 5.74) is -1.99. The fraction of sp³-hybridized carbons (Fsp3) is 0.417. The molecule has 9 heteroatoms. The van der Waals surface area contributed by atoms with Crippen molar-refractivity contribution in [3.63, 3.8) is 0 Å². The number of carboxylic acids is 1. The number of carbonyl (C=O) groups is 2. The Morgan fingerprint density at radius 1 is 1.43 bits per heavy atom. The Kier molecular flexibility index (Phi) is 4.17. The van der Waals surface area contributed by atoms with Crippen LogP contribution in [0.2, 0.25) is 0 Å². The van der Waals surface area contributed by atoms with Crippen LogP contribution in [0, 0.1) is 0 Å². The van der Waals surface area contributed by atoms with Crippen molar-refractivity contribution in [3.8, 4) is 0 Å². The Morgan fingerprint density at radius 2 is 2.10 bits per heavy atom. The SMILES string of the molecule is CN(C)c1nc2sc(C(=O)NCC(C)(O)C(=O)O)cc2s1. The van der Waals surface area contributed by atoms with Gasteiger partial charge < -0.3 is 20.4 Å². The third-order valence-corrected chi connectivity index (χ3v) is 5.07. The average Bonchev–Trinajstić information content (AvgIpc) is 2.93. The number of thiazole rings is 1. The first-order valence-electron chi connectivity index (χ1n) is 6.02. The average molecular weight is 329 g/mol. The van der Waals surface area contributed by atoms with Crippen molar-refractivity contribution in [2.45, 2.75) is 12.5 Å². The van der Waals surface area contributed by atoms with Gasteiger partial charge in [-0.2, -0.15) is 0 Å². The molecular weight excluding hydrogens is 314 g/mol. The van der Waals surface area contributed by atoms with Gasteiger partial charge >= 0.3 is 5.97 Å². The zero-order valence-corrected chi connectivity index (χ0v) is 13.3.